The molecule has 1 aromatic carbocycles. The second-order valence-electron chi connectivity index (χ2n) is 5.15. The third-order valence-corrected chi connectivity index (χ3v) is 4.12. The number of piperidine rings is 1. The van der Waals surface area contributed by atoms with Gasteiger partial charge in [-0.2, -0.15) is 0 Å². The minimum atomic E-state index is -0.0707. The molecule has 1 N–H and O–H groups in total. The van der Waals surface area contributed by atoms with E-state index in [1.165, 1.54) is 13.5 Å². The van der Waals surface area contributed by atoms with Crippen LogP contribution in [0.4, 0.5) is 0 Å². The van der Waals surface area contributed by atoms with E-state index in [4.69, 9.17) is 4.74 Å². The average Bonchev–Trinajstić information content (AvgIpc) is 3.00. The number of benzene rings is 1. The second kappa shape index (κ2) is 4.19. The van der Waals surface area contributed by atoms with E-state index >= 15 is 0 Å². The molecule has 2 bridgehead atoms. The number of phenols is 1. The molecule has 2 fully saturated rings. The summed E-state index contributed by atoms with van der Waals surface area (Å²) >= 11 is 0. The summed E-state index contributed by atoms with van der Waals surface area (Å²) < 4.78 is 5.04. The van der Waals surface area contributed by atoms with Gasteiger partial charge in [0.2, 0.25) is 0 Å². The Hall–Kier alpha value is -1.71. The first-order valence-electron chi connectivity index (χ1n) is 6.37. The minimum Gasteiger partial charge on any atom is -0.504 e. The van der Waals surface area contributed by atoms with Crippen molar-refractivity contribution in [3.8, 4) is 11.5 Å². The van der Waals surface area contributed by atoms with Crippen LogP contribution in [0.3, 0.4) is 0 Å². The summed E-state index contributed by atoms with van der Waals surface area (Å²) in [7, 11) is 1.49. The second-order valence-corrected chi connectivity index (χ2v) is 5.15. The number of hydrogen-bond donors (Lipinski definition) is 1. The number of para-hydroxylation sites is 1. The van der Waals surface area contributed by atoms with Gasteiger partial charge in [-0.1, -0.05) is 6.07 Å². The number of hydrogen-bond acceptors (Lipinski definition) is 3. The lowest BCUT2D eigenvalue weighted by molar-refractivity contribution is 0.0700. The minimum absolute atomic E-state index is 0.0484. The first kappa shape index (κ1) is 11.4. The van der Waals surface area contributed by atoms with Crippen molar-refractivity contribution < 1.29 is 14.6 Å². The summed E-state index contributed by atoms with van der Waals surface area (Å²) in [5.41, 5.74) is 0.349. The standard InChI is InChI=1S/C14H17NO3/c1-18-12-4-2-3-11(13(12)16)14(17)15-8-9-5-6-10(15)7-9/h2-4,9-10,16H,5-8H2,1H3. The maximum atomic E-state index is 12.4. The third-order valence-electron chi connectivity index (χ3n) is 4.12. The molecule has 3 rings (SSSR count). The summed E-state index contributed by atoms with van der Waals surface area (Å²) in [4.78, 5) is 14.3. The third kappa shape index (κ3) is 1.64. The Kier molecular flexibility index (Phi) is 2.65. The average molecular weight is 247 g/mol. The van der Waals surface area contributed by atoms with Crippen LogP contribution in [0.15, 0.2) is 18.2 Å². The van der Waals surface area contributed by atoms with Crippen LogP contribution in [0.25, 0.3) is 0 Å². The SMILES string of the molecule is COc1cccc(C(=O)N2CC3CCC2C3)c1O. The molecule has 2 unspecified atom stereocenters. The number of carbonyl (C=O) groups is 1. The molecule has 1 amide bonds. The zero-order valence-corrected chi connectivity index (χ0v) is 10.4. The van der Waals surface area contributed by atoms with Crippen molar-refractivity contribution in [1.82, 2.24) is 4.90 Å². The van der Waals surface area contributed by atoms with Crippen molar-refractivity contribution in [2.45, 2.75) is 25.3 Å². The summed E-state index contributed by atoms with van der Waals surface area (Å²) in [6.07, 6.45) is 3.45. The number of nitrogens with zero attached hydrogens (tertiary/aromatic N) is 1. The molecule has 2 aliphatic rings. The fourth-order valence-corrected chi connectivity index (χ4v) is 3.19. The molecular weight excluding hydrogens is 230 g/mol. The van der Waals surface area contributed by atoms with Gasteiger partial charge in [-0.25, -0.2) is 0 Å². The molecule has 0 aromatic heterocycles. The van der Waals surface area contributed by atoms with E-state index in [0.29, 0.717) is 23.3 Å². The van der Waals surface area contributed by atoms with Crippen LogP contribution in [-0.4, -0.2) is 35.6 Å². The Bertz CT molecular complexity index is 486. The van der Waals surface area contributed by atoms with Gasteiger partial charge in [0, 0.05) is 12.6 Å². The zero-order chi connectivity index (χ0) is 12.7. The smallest absolute Gasteiger partial charge is 0.258 e. The van der Waals surface area contributed by atoms with E-state index < -0.39 is 0 Å². The fourth-order valence-electron chi connectivity index (χ4n) is 3.19. The molecule has 0 spiro atoms. The molecule has 1 heterocycles. The predicted molar refractivity (Wildman–Crippen MR) is 66.8 cm³/mol. The van der Waals surface area contributed by atoms with Crippen LogP contribution in [0.1, 0.15) is 29.6 Å². The molecule has 4 heteroatoms. The summed E-state index contributed by atoms with van der Waals surface area (Å²) in [6.45, 7) is 0.833. The highest BCUT2D eigenvalue weighted by atomic mass is 16.5. The number of aromatic hydroxyl groups is 1. The van der Waals surface area contributed by atoms with Crippen molar-refractivity contribution in [3.63, 3.8) is 0 Å². The molecule has 1 saturated carbocycles. The number of ether oxygens (including phenoxy) is 1. The number of rotatable bonds is 2. The van der Waals surface area contributed by atoms with Crippen molar-refractivity contribution >= 4 is 5.91 Å². The molecule has 18 heavy (non-hydrogen) atoms. The molecule has 96 valence electrons. The molecule has 1 aromatic rings. The number of carbonyl (C=O) groups excluding carboxylic acids is 1. The van der Waals surface area contributed by atoms with Gasteiger partial charge in [0.05, 0.1) is 12.7 Å². The summed E-state index contributed by atoms with van der Waals surface area (Å²) in [5, 5.41) is 10.0. The van der Waals surface area contributed by atoms with Gasteiger partial charge in [-0.05, 0) is 37.3 Å². The molecule has 1 aliphatic carbocycles. The fraction of sp³-hybridized carbons (Fsp3) is 0.500. The van der Waals surface area contributed by atoms with Crippen molar-refractivity contribution in [2.24, 2.45) is 5.92 Å². The van der Waals surface area contributed by atoms with Crippen LogP contribution in [0.2, 0.25) is 0 Å². The molecule has 1 aliphatic heterocycles. The number of phenolic OH excluding ortho intramolecular Hbond substituents is 1. The summed E-state index contributed by atoms with van der Waals surface area (Å²) in [5.74, 6) is 0.892. The molecule has 2 atom stereocenters. The number of amides is 1. The van der Waals surface area contributed by atoms with Crippen LogP contribution >= 0.6 is 0 Å². The van der Waals surface area contributed by atoms with Gasteiger partial charge in [-0.15, -0.1) is 0 Å². The molecular formula is C14H17NO3. The van der Waals surface area contributed by atoms with Crippen LogP contribution in [0.5, 0.6) is 11.5 Å². The first-order valence-corrected chi connectivity index (χ1v) is 6.37. The van der Waals surface area contributed by atoms with E-state index in [1.807, 2.05) is 4.90 Å². The highest BCUT2D eigenvalue weighted by Gasteiger charge is 2.41. The van der Waals surface area contributed by atoms with Crippen molar-refractivity contribution in [1.29, 1.82) is 0 Å². The quantitative estimate of drug-likeness (QED) is 0.870. The van der Waals surface area contributed by atoms with Gasteiger partial charge in [0.15, 0.2) is 11.5 Å². The number of methoxy groups -OCH3 is 1. The van der Waals surface area contributed by atoms with Gasteiger partial charge >= 0.3 is 0 Å². The highest BCUT2D eigenvalue weighted by Crippen LogP contribution is 2.39. The topological polar surface area (TPSA) is 49.8 Å². The normalized spacial score (nSPS) is 25.5. The van der Waals surface area contributed by atoms with E-state index in [1.54, 1.807) is 18.2 Å². The maximum absolute atomic E-state index is 12.4. The lowest BCUT2D eigenvalue weighted by Gasteiger charge is -2.27. The lowest BCUT2D eigenvalue weighted by Crippen LogP contribution is -2.37. The van der Waals surface area contributed by atoms with E-state index in [9.17, 15) is 9.90 Å². The van der Waals surface area contributed by atoms with Crippen LogP contribution in [-0.2, 0) is 0 Å². The maximum Gasteiger partial charge on any atom is 0.258 e. The Morgan fingerprint density at radius 1 is 1.44 bits per heavy atom. The van der Waals surface area contributed by atoms with Crippen LogP contribution < -0.4 is 4.74 Å². The predicted octanol–water partition coefficient (Wildman–Crippen LogP) is 2.03. The van der Waals surface area contributed by atoms with Crippen molar-refractivity contribution in [3.05, 3.63) is 23.8 Å². The van der Waals surface area contributed by atoms with Crippen molar-refractivity contribution in [2.75, 3.05) is 13.7 Å². The van der Waals surface area contributed by atoms with E-state index in [0.717, 1.165) is 19.4 Å². The Balaban J connectivity index is 1.89. The molecule has 4 nitrogen and oxygen atoms in total. The highest BCUT2D eigenvalue weighted by molar-refractivity contribution is 5.98. The van der Waals surface area contributed by atoms with Gasteiger partial charge in [0.1, 0.15) is 0 Å². The zero-order valence-electron chi connectivity index (χ0n) is 10.4. The Labute approximate surface area is 106 Å². The van der Waals surface area contributed by atoms with Gasteiger partial charge in [0.25, 0.3) is 5.91 Å². The molecule has 0 radical (unpaired) electrons. The lowest BCUT2D eigenvalue weighted by atomic mass is 10.1. The largest absolute Gasteiger partial charge is 0.504 e. The van der Waals surface area contributed by atoms with Crippen LogP contribution in [0, 0.1) is 5.92 Å². The monoisotopic (exact) mass is 247 g/mol. The number of likely N-dealkylation sites (tertiary alicyclic amines) is 1. The van der Waals surface area contributed by atoms with Gasteiger partial charge < -0.3 is 14.7 Å². The molecule has 1 saturated heterocycles. The Morgan fingerprint density at radius 3 is 2.89 bits per heavy atom. The first-order chi connectivity index (χ1) is 8.70. The Morgan fingerprint density at radius 2 is 2.28 bits per heavy atom. The van der Waals surface area contributed by atoms with Gasteiger partial charge in [-0.3, -0.25) is 4.79 Å². The van der Waals surface area contributed by atoms with E-state index in [-0.39, 0.29) is 11.7 Å². The van der Waals surface area contributed by atoms with E-state index in [2.05, 4.69) is 0 Å². The summed E-state index contributed by atoms with van der Waals surface area (Å²) in [6, 6.07) is 5.42. The number of fused-ring (bicyclic) bond motifs is 2.